The van der Waals surface area contributed by atoms with Gasteiger partial charge in [0.15, 0.2) is 11.6 Å². The summed E-state index contributed by atoms with van der Waals surface area (Å²) in [5, 5.41) is 12.9. The number of para-hydroxylation sites is 2. The van der Waals surface area contributed by atoms with E-state index in [4.69, 9.17) is 9.97 Å². The molecule has 0 amide bonds. The summed E-state index contributed by atoms with van der Waals surface area (Å²) in [5.41, 5.74) is 8.02. The first kappa shape index (κ1) is 16.4. The third-order valence-corrected chi connectivity index (χ3v) is 4.84. The van der Waals surface area contributed by atoms with Crippen molar-refractivity contribution in [2.45, 2.75) is 6.54 Å². The number of aromatic nitrogens is 4. The first-order valence-electron chi connectivity index (χ1n) is 9.18. The normalized spacial score (nSPS) is 11.2. The predicted molar refractivity (Wildman–Crippen MR) is 111 cm³/mol. The van der Waals surface area contributed by atoms with Crippen LogP contribution >= 0.6 is 0 Å². The van der Waals surface area contributed by atoms with Crippen LogP contribution in [-0.2, 0) is 6.54 Å². The Bertz CT molecular complexity index is 1290. The van der Waals surface area contributed by atoms with Gasteiger partial charge < -0.3 is 11.1 Å². The SMILES string of the molecule is [NH3+]Cc1ccccc1-c1nc(Nc2n[nH]c3ccccc23)c2ccccc2n1. The molecule has 0 aliphatic rings. The van der Waals surface area contributed by atoms with Crippen molar-refractivity contribution < 1.29 is 5.73 Å². The highest BCUT2D eigenvalue weighted by molar-refractivity contribution is 5.96. The molecule has 3 aromatic carbocycles. The first-order valence-corrected chi connectivity index (χ1v) is 9.18. The molecule has 136 valence electrons. The van der Waals surface area contributed by atoms with Crippen molar-refractivity contribution in [2.75, 3.05) is 5.32 Å². The molecule has 0 aliphatic carbocycles. The Hall–Kier alpha value is -3.77. The molecule has 5 aromatic rings. The summed E-state index contributed by atoms with van der Waals surface area (Å²) in [5.74, 6) is 2.16. The molecule has 6 heteroatoms. The molecule has 0 fully saturated rings. The van der Waals surface area contributed by atoms with Gasteiger partial charge >= 0.3 is 0 Å². The van der Waals surface area contributed by atoms with Gasteiger partial charge in [0.05, 0.1) is 11.0 Å². The molecular weight excluding hydrogens is 348 g/mol. The number of fused-ring (bicyclic) bond motifs is 2. The molecule has 0 saturated heterocycles. The summed E-state index contributed by atoms with van der Waals surface area (Å²) in [6.07, 6.45) is 0. The lowest BCUT2D eigenvalue weighted by atomic mass is 10.1. The lowest BCUT2D eigenvalue weighted by Crippen LogP contribution is -2.47. The monoisotopic (exact) mass is 367 g/mol. The minimum atomic E-state index is 0.680. The van der Waals surface area contributed by atoms with Crippen LogP contribution in [0.2, 0.25) is 0 Å². The molecular formula is C22H19N6+. The molecule has 2 aromatic heterocycles. The predicted octanol–water partition coefficient (Wildman–Crippen LogP) is 3.66. The van der Waals surface area contributed by atoms with Crippen LogP contribution < -0.4 is 11.1 Å². The van der Waals surface area contributed by atoms with Crippen molar-refractivity contribution in [3.05, 3.63) is 78.4 Å². The lowest BCUT2D eigenvalue weighted by Gasteiger charge is -2.11. The van der Waals surface area contributed by atoms with Gasteiger partial charge in [-0.1, -0.05) is 48.5 Å². The Labute approximate surface area is 161 Å². The van der Waals surface area contributed by atoms with Crippen molar-refractivity contribution >= 4 is 33.4 Å². The van der Waals surface area contributed by atoms with E-state index in [1.807, 2.05) is 66.7 Å². The zero-order valence-electron chi connectivity index (χ0n) is 15.2. The van der Waals surface area contributed by atoms with Gasteiger partial charge in [-0.05, 0) is 24.3 Å². The summed E-state index contributed by atoms with van der Waals surface area (Å²) in [6.45, 7) is 0.680. The maximum absolute atomic E-state index is 4.86. The molecule has 0 aliphatic heterocycles. The molecule has 5 N–H and O–H groups in total. The van der Waals surface area contributed by atoms with Crippen LogP contribution in [0.5, 0.6) is 0 Å². The Balaban J connectivity index is 1.69. The van der Waals surface area contributed by atoms with E-state index in [0.717, 1.165) is 44.6 Å². The van der Waals surface area contributed by atoms with Crippen LogP contribution in [0.3, 0.4) is 0 Å². The molecule has 0 atom stereocenters. The second-order valence-electron chi connectivity index (χ2n) is 6.56. The highest BCUT2D eigenvalue weighted by Gasteiger charge is 2.14. The first-order chi connectivity index (χ1) is 13.8. The minimum absolute atomic E-state index is 0.680. The number of nitrogens with zero attached hydrogens (tertiary/aromatic N) is 3. The molecule has 0 unspecified atom stereocenters. The number of quaternary nitrogens is 1. The quantitative estimate of drug-likeness (QED) is 0.452. The Morgan fingerprint density at radius 1 is 0.786 bits per heavy atom. The number of hydrogen-bond donors (Lipinski definition) is 3. The minimum Gasteiger partial charge on any atom is -0.354 e. The number of aromatic amines is 1. The maximum Gasteiger partial charge on any atom is 0.162 e. The van der Waals surface area contributed by atoms with Gasteiger partial charge in [0.1, 0.15) is 12.4 Å². The van der Waals surface area contributed by atoms with Crippen LogP contribution in [-0.4, -0.2) is 20.2 Å². The Kier molecular flexibility index (Phi) is 3.96. The molecule has 0 bridgehead atoms. The standard InChI is InChI=1S/C22H18N6/c23-13-14-7-1-2-8-15(14)20-24-18-11-5-3-9-16(18)21(25-20)26-22-17-10-4-6-12-19(17)27-28-22/h1-12H,13,23H2,(H2,24,25,26,27,28)/p+1. The molecule has 2 heterocycles. The number of benzene rings is 3. The fourth-order valence-electron chi connectivity index (χ4n) is 3.42. The average Bonchev–Trinajstić information content (AvgIpc) is 3.16. The number of H-pyrrole nitrogens is 1. The molecule has 0 saturated carbocycles. The smallest absolute Gasteiger partial charge is 0.162 e. The number of anilines is 2. The third kappa shape index (κ3) is 2.76. The van der Waals surface area contributed by atoms with Crippen molar-refractivity contribution in [1.29, 1.82) is 0 Å². The summed E-state index contributed by atoms with van der Waals surface area (Å²) < 4.78 is 0. The van der Waals surface area contributed by atoms with E-state index in [9.17, 15) is 0 Å². The highest BCUT2D eigenvalue weighted by Crippen LogP contribution is 2.30. The summed E-state index contributed by atoms with van der Waals surface area (Å²) in [4.78, 5) is 9.66. The lowest BCUT2D eigenvalue weighted by molar-refractivity contribution is -0.386. The fourth-order valence-corrected chi connectivity index (χ4v) is 3.42. The number of rotatable bonds is 4. The van der Waals surface area contributed by atoms with E-state index < -0.39 is 0 Å². The zero-order valence-corrected chi connectivity index (χ0v) is 15.2. The Morgan fingerprint density at radius 2 is 1.54 bits per heavy atom. The number of hydrogen-bond acceptors (Lipinski definition) is 4. The van der Waals surface area contributed by atoms with Gasteiger partial charge in [0, 0.05) is 21.9 Å². The number of nitrogens with one attached hydrogen (secondary N) is 2. The molecule has 0 radical (unpaired) electrons. The van der Waals surface area contributed by atoms with Crippen LogP contribution in [0.15, 0.2) is 72.8 Å². The second kappa shape index (κ2) is 6.75. The van der Waals surface area contributed by atoms with Crippen molar-refractivity contribution in [1.82, 2.24) is 20.2 Å². The summed E-state index contributed by atoms with van der Waals surface area (Å²) in [7, 11) is 0. The van der Waals surface area contributed by atoms with Crippen molar-refractivity contribution in [2.24, 2.45) is 0 Å². The van der Waals surface area contributed by atoms with Gasteiger partial charge in [-0.3, -0.25) is 5.10 Å². The fraction of sp³-hybridized carbons (Fsp3) is 0.0455. The van der Waals surface area contributed by atoms with Gasteiger partial charge in [-0.2, -0.15) is 5.10 Å². The van der Waals surface area contributed by atoms with Gasteiger partial charge in [-0.25, -0.2) is 9.97 Å². The van der Waals surface area contributed by atoms with Gasteiger partial charge in [-0.15, -0.1) is 0 Å². The average molecular weight is 367 g/mol. The summed E-state index contributed by atoms with van der Waals surface area (Å²) >= 11 is 0. The van der Waals surface area contributed by atoms with Crippen LogP contribution in [0, 0.1) is 0 Å². The maximum atomic E-state index is 4.86. The topological polar surface area (TPSA) is 94.1 Å². The largest absolute Gasteiger partial charge is 0.354 e. The molecule has 28 heavy (non-hydrogen) atoms. The van der Waals surface area contributed by atoms with Crippen LogP contribution in [0.25, 0.3) is 33.2 Å². The van der Waals surface area contributed by atoms with E-state index in [0.29, 0.717) is 12.4 Å². The molecule has 5 rings (SSSR count). The van der Waals surface area contributed by atoms with E-state index in [1.54, 1.807) is 0 Å². The molecule has 6 nitrogen and oxygen atoms in total. The van der Waals surface area contributed by atoms with Crippen molar-refractivity contribution in [3.8, 4) is 11.4 Å². The van der Waals surface area contributed by atoms with E-state index in [1.165, 1.54) is 0 Å². The van der Waals surface area contributed by atoms with Crippen LogP contribution in [0.4, 0.5) is 11.6 Å². The van der Waals surface area contributed by atoms with E-state index in [-0.39, 0.29) is 0 Å². The van der Waals surface area contributed by atoms with Gasteiger partial charge in [0.2, 0.25) is 0 Å². The Morgan fingerprint density at radius 3 is 2.43 bits per heavy atom. The van der Waals surface area contributed by atoms with Crippen LogP contribution in [0.1, 0.15) is 5.56 Å². The summed E-state index contributed by atoms with van der Waals surface area (Å²) in [6, 6.07) is 24.1. The van der Waals surface area contributed by atoms with Gasteiger partial charge in [0.25, 0.3) is 0 Å². The zero-order chi connectivity index (χ0) is 18.9. The third-order valence-electron chi connectivity index (χ3n) is 4.84. The van der Waals surface area contributed by atoms with E-state index >= 15 is 0 Å². The van der Waals surface area contributed by atoms with Crippen molar-refractivity contribution in [3.63, 3.8) is 0 Å². The molecule has 0 spiro atoms. The highest BCUT2D eigenvalue weighted by atomic mass is 15.2. The second-order valence-corrected chi connectivity index (χ2v) is 6.56. The van der Waals surface area contributed by atoms with E-state index in [2.05, 4.69) is 27.3 Å².